The van der Waals surface area contributed by atoms with E-state index in [-0.39, 0.29) is 12.0 Å². The van der Waals surface area contributed by atoms with Gasteiger partial charge >= 0.3 is 5.97 Å². The van der Waals surface area contributed by atoms with Crippen LogP contribution in [0.1, 0.15) is 41.6 Å². The van der Waals surface area contributed by atoms with Crippen LogP contribution in [0, 0.1) is 5.41 Å². The molecule has 1 aromatic carbocycles. The van der Waals surface area contributed by atoms with Crippen molar-refractivity contribution < 1.29 is 19.7 Å². The molecule has 0 aliphatic carbocycles. The van der Waals surface area contributed by atoms with Gasteiger partial charge in [-0.3, -0.25) is 4.90 Å². The van der Waals surface area contributed by atoms with Crippen LogP contribution in [0.2, 0.25) is 0 Å². The number of carboxylic acid groups (broad SMARTS) is 1. The summed E-state index contributed by atoms with van der Waals surface area (Å²) in [5.74, 6) is -0.896. The van der Waals surface area contributed by atoms with Gasteiger partial charge in [-0.05, 0) is 49.9 Å². The molecule has 128 valence electrons. The van der Waals surface area contributed by atoms with Crippen LogP contribution >= 0.6 is 0 Å². The monoisotopic (exact) mass is 321 g/mol. The Balaban J connectivity index is 1.95. The first kappa shape index (κ1) is 17.9. The predicted molar refractivity (Wildman–Crippen MR) is 88.5 cm³/mol. The minimum Gasteiger partial charge on any atom is -0.478 e. The van der Waals surface area contributed by atoms with Crippen LogP contribution in [-0.2, 0) is 11.3 Å². The van der Waals surface area contributed by atoms with Gasteiger partial charge in [-0.25, -0.2) is 4.79 Å². The molecule has 0 spiro atoms. The highest BCUT2D eigenvalue weighted by Gasteiger charge is 2.34. The summed E-state index contributed by atoms with van der Waals surface area (Å²) in [5, 5.41) is 18.8. The lowest BCUT2D eigenvalue weighted by atomic mass is 9.77. The molecule has 0 amide bonds. The maximum atomic E-state index is 10.9. The minimum atomic E-state index is -0.896. The van der Waals surface area contributed by atoms with Gasteiger partial charge in [-0.2, -0.15) is 0 Å². The fourth-order valence-electron chi connectivity index (χ4n) is 3.46. The SMILES string of the molecule is COCCC[C@]1(CO)CCCN(Cc2ccc(C(=O)O)cc2)C1. The Bertz CT molecular complexity index is 502. The number of methoxy groups -OCH3 is 1. The number of hydrogen-bond acceptors (Lipinski definition) is 4. The lowest BCUT2D eigenvalue weighted by Gasteiger charge is -2.42. The first-order valence-corrected chi connectivity index (χ1v) is 8.23. The first-order valence-electron chi connectivity index (χ1n) is 8.23. The van der Waals surface area contributed by atoms with Gasteiger partial charge in [-0.1, -0.05) is 12.1 Å². The average molecular weight is 321 g/mol. The third-order valence-corrected chi connectivity index (χ3v) is 4.74. The number of benzene rings is 1. The van der Waals surface area contributed by atoms with E-state index in [1.807, 2.05) is 12.1 Å². The average Bonchev–Trinajstić information content (AvgIpc) is 2.56. The smallest absolute Gasteiger partial charge is 0.335 e. The highest BCUT2D eigenvalue weighted by Crippen LogP contribution is 2.34. The predicted octanol–water partition coefficient (Wildman–Crippen LogP) is 2.39. The van der Waals surface area contributed by atoms with Crippen molar-refractivity contribution in [1.82, 2.24) is 4.90 Å². The largest absolute Gasteiger partial charge is 0.478 e. The standard InChI is InChI=1S/C18H27NO4/c1-23-11-3-9-18(14-20)8-2-10-19(13-18)12-15-4-6-16(7-5-15)17(21)22/h4-7,20H,2-3,8-14H2,1H3,(H,21,22)/t18-/m1/s1. The van der Waals surface area contributed by atoms with E-state index in [0.717, 1.165) is 57.5 Å². The van der Waals surface area contributed by atoms with Gasteiger partial charge in [-0.15, -0.1) is 0 Å². The van der Waals surface area contributed by atoms with E-state index >= 15 is 0 Å². The molecule has 5 heteroatoms. The number of ether oxygens (including phenoxy) is 1. The summed E-state index contributed by atoms with van der Waals surface area (Å²) in [6, 6.07) is 7.06. The third-order valence-electron chi connectivity index (χ3n) is 4.74. The molecule has 0 bridgehead atoms. The second-order valence-electron chi connectivity index (χ2n) is 6.57. The van der Waals surface area contributed by atoms with Crippen LogP contribution in [0.3, 0.4) is 0 Å². The van der Waals surface area contributed by atoms with E-state index in [4.69, 9.17) is 9.84 Å². The number of carboxylic acids is 1. The number of carbonyl (C=O) groups is 1. The second kappa shape index (κ2) is 8.43. The molecule has 1 fully saturated rings. The van der Waals surface area contributed by atoms with E-state index in [1.165, 1.54) is 0 Å². The fourth-order valence-corrected chi connectivity index (χ4v) is 3.46. The zero-order valence-corrected chi connectivity index (χ0v) is 13.8. The first-order chi connectivity index (χ1) is 11.1. The lowest BCUT2D eigenvalue weighted by Crippen LogP contribution is -2.45. The topological polar surface area (TPSA) is 70.0 Å². The molecule has 2 N–H and O–H groups in total. The molecule has 5 nitrogen and oxygen atoms in total. The molecule has 23 heavy (non-hydrogen) atoms. The zero-order chi connectivity index (χ0) is 16.7. The Morgan fingerprint density at radius 3 is 2.70 bits per heavy atom. The van der Waals surface area contributed by atoms with Crippen molar-refractivity contribution in [3.63, 3.8) is 0 Å². The van der Waals surface area contributed by atoms with E-state index in [1.54, 1.807) is 19.2 Å². The molecule has 0 aromatic heterocycles. The van der Waals surface area contributed by atoms with Crippen molar-refractivity contribution in [2.45, 2.75) is 32.2 Å². The Kier molecular flexibility index (Phi) is 6.57. The van der Waals surface area contributed by atoms with Crippen molar-refractivity contribution in [3.05, 3.63) is 35.4 Å². The summed E-state index contributed by atoms with van der Waals surface area (Å²) in [7, 11) is 1.71. The van der Waals surface area contributed by atoms with Crippen molar-refractivity contribution in [2.75, 3.05) is 33.4 Å². The number of piperidine rings is 1. The summed E-state index contributed by atoms with van der Waals surface area (Å²) in [6.45, 7) is 3.65. The number of nitrogens with zero attached hydrogens (tertiary/aromatic N) is 1. The lowest BCUT2D eigenvalue weighted by molar-refractivity contribution is 0.0158. The van der Waals surface area contributed by atoms with Crippen LogP contribution in [0.15, 0.2) is 24.3 Å². The van der Waals surface area contributed by atoms with Crippen LogP contribution in [0.25, 0.3) is 0 Å². The number of likely N-dealkylation sites (tertiary alicyclic amines) is 1. The molecule has 2 rings (SSSR count). The molecule has 0 radical (unpaired) electrons. The Morgan fingerprint density at radius 1 is 1.35 bits per heavy atom. The molecular formula is C18H27NO4. The van der Waals surface area contributed by atoms with E-state index in [2.05, 4.69) is 4.90 Å². The number of aliphatic hydroxyl groups is 1. The molecule has 1 aliphatic rings. The summed E-state index contributed by atoms with van der Waals surface area (Å²) in [5.41, 5.74) is 1.40. The summed E-state index contributed by atoms with van der Waals surface area (Å²) in [4.78, 5) is 13.3. The molecule has 1 saturated heterocycles. The van der Waals surface area contributed by atoms with Gasteiger partial charge in [0.05, 0.1) is 5.56 Å². The van der Waals surface area contributed by atoms with Crippen LogP contribution in [-0.4, -0.2) is 54.5 Å². The van der Waals surface area contributed by atoms with Crippen molar-refractivity contribution in [3.8, 4) is 0 Å². The van der Waals surface area contributed by atoms with Crippen molar-refractivity contribution >= 4 is 5.97 Å². The molecule has 0 saturated carbocycles. The zero-order valence-electron chi connectivity index (χ0n) is 13.8. The van der Waals surface area contributed by atoms with Gasteiger partial charge in [0.1, 0.15) is 0 Å². The number of aromatic carboxylic acids is 1. The number of aliphatic hydroxyl groups excluding tert-OH is 1. The summed E-state index contributed by atoms with van der Waals surface area (Å²) < 4.78 is 5.13. The highest BCUT2D eigenvalue weighted by molar-refractivity contribution is 5.87. The van der Waals surface area contributed by atoms with E-state index in [0.29, 0.717) is 5.56 Å². The Labute approximate surface area is 137 Å². The van der Waals surface area contributed by atoms with Crippen LogP contribution in [0.4, 0.5) is 0 Å². The van der Waals surface area contributed by atoms with Crippen molar-refractivity contribution in [2.24, 2.45) is 5.41 Å². The maximum Gasteiger partial charge on any atom is 0.335 e. The quantitative estimate of drug-likeness (QED) is 0.720. The summed E-state index contributed by atoms with van der Waals surface area (Å²) >= 11 is 0. The molecule has 0 unspecified atom stereocenters. The molecule has 1 heterocycles. The second-order valence-corrected chi connectivity index (χ2v) is 6.57. The van der Waals surface area contributed by atoms with Gasteiger partial charge in [0.15, 0.2) is 0 Å². The number of rotatable bonds is 8. The highest BCUT2D eigenvalue weighted by atomic mass is 16.5. The molecule has 1 atom stereocenters. The van der Waals surface area contributed by atoms with Gasteiger partial charge in [0, 0.05) is 38.8 Å². The molecular weight excluding hydrogens is 294 g/mol. The van der Waals surface area contributed by atoms with E-state index < -0.39 is 5.97 Å². The fraction of sp³-hybridized carbons (Fsp3) is 0.611. The van der Waals surface area contributed by atoms with Gasteiger partial charge in [0.2, 0.25) is 0 Å². The molecule has 1 aromatic rings. The van der Waals surface area contributed by atoms with Gasteiger partial charge < -0.3 is 14.9 Å². The normalized spacial score (nSPS) is 22.2. The maximum absolute atomic E-state index is 10.9. The Morgan fingerprint density at radius 2 is 2.09 bits per heavy atom. The van der Waals surface area contributed by atoms with E-state index in [9.17, 15) is 9.90 Å². The van der Waals surface area contributed by atoms with Crippen LogP contribution < -0.4 is 0 Å². The molecule has 1 aliphatic heterocycles. The van der Waals surface area contributed by atoms with Crippen LogP contribution in [0.5, 0.6) is 0 Å². The third kappa shape index (κ3) is 5.03. The van der Waals surface area contributed by atoms with Gasteiger partial charge in [0.25, 0.3) is 0 Å². The Hall–Kier alpha value is -1.43. The van der Waals surface area contributed by atoms with Crippen molar-refractivity contribution in [1.29, 1.82) is 0 Å². The minimum absolute atomic E-state index is 0.0300. The summed E-state index contributed by atoms with van der Waals surface area (Å²) in [6.07, 6.45) is 4.09. The number of hydrogen-bond donors (Lipinski definition) is 2.